The molecule has 1 saturated carbocycles. The maximum absolute atomic E-state index is 3.77. The lowest BCUT2D eigenvalue weighted by molar-refractivity contribution is 0.423. The summed E-state index contributed by atoms with van der Waals surface area (Å²) in [5.41, 5.74) is 2.89. The average Bonchev–Trinajstić information content (AvgIpc) is 2.50. The van der Waals surface area contributed by atoms with Gasteiger partial charge in [-0.15, -0.1) is 0 Å². The molecule has 0 heterocycles. The lowest BCUT2D eigenvalue weighted by Crippen LogP contribution is -2.12. The van der Waals surface area contributed by atoms with Crippen LogP contribution in [0.25, 0.3) is 0 Å². The van der Waals surface area contributed by atoms with Gasteiger partial charge in [0.05, 0.1) is 0 Å². The molecular formula is C14H19Br. The van der Waals surface area contributed by atoms with E-state index in [0.717, 1.165) is 16.7 Å². The Morgan fingerprint density at radius 3 is 2.73 bits per heavy atom. The summed E-state index contributed by atoms with van der Waals surface area (Å²) in [5, 5.41) is 0. The van der Waals surface area contributed by atoms with E-state index in [1.165, 1.54) is 30.4 Å². The largest absolute Gasteiger partial charge is 0.0888 e. The van der Waals surface area contributed by atoms with Gasteiger partial charge in [-0.2, -0.15) is 0 Å². The van der Waals surface area contributed by atoms with Gasteiger partial charge in [0.25, 0.3) is 0 Å². The van der Waals surface area contributed by atoms with E-state index >= 15 is 0 Å². The minimum atomic E-state index is 0.743. The molecule has 0 aromatic heterocycles. The van der Waals surface area contributed by atoms with Crippen LogP contribution in [0.5, 0.6) is 0 Å². The van der Waals surface area contributed by atoms with Crippen LogP contribution in [-0.4, -0.2) is 4.83 Å². The Balaban J connectivity index is 2.03. The highest BCUT2D eigenvalue weighted by molar-refractivity contribution is 9.09. The molecule has 82 valence electrons. The van der Waals surface area contributed by atoms with E-state index in [9.17, 15) is 0 Å². The van der Waals surface area contributed by atoms with Gasteiger partial charge in [0.2, 0.25) is 0 Å². The predicted octanol–water partition coefficient (Wildman–Crippen LogP) is 4.35. The Morgan fingerprint density at radius 2 is 2.13 bits per heavy atom. The number of benzene rings is 1. The second kappa shape index (κ2) is 4.69. The fraction of sp³-hybridized carbons (Fsp3) is 0.571. The quantitative estimate of drug-likeness (QED) is 0.699. The van der Waals surface area contributed by atoms with E-state index in [1.54, 1.807) is 0 Å². The summed E-state index contributed by atoms with van der Waals surface area (Å²) in [7, 11) is 0. The van der Waals surface area contributed by atoms with Crippen LogP contribution in [-0.2, 0) is 6.42 Å². The highest BCUT2D eigenvalue weighted by Crippen LogP contribution is 2.38. The fourth-order valence-corrected chi connectivity index (χ4v) is 3.32. The first-order valence-electron chi connectivity index (χ1n) is 5.86. The molecule has 1 aliphatic carbocycles. The first kappa shape index (κ1) is 11.2. The first-order chi connectivity index (χ1) is 7.16. The summed E-state index contributed by atoms with van der Waals surface area (Å²) in [4.78, 5) is 0.743. The Labute approximate surface area is 101 Å². The molecule has 0 aliphatic heterocycles. The van der Waals surface area contributed by atoms with Gasteiger partial charge in [-0.3, -0.25) is 0 Å². The Kier molecular flexibility index (Phi) is 3.50. The standard InChI is InChI=1S/C14H19Br/c1-10-4-3-5-12(8-10)9-13-6-7-14(15)11(13)2/h3-5,8,11,13-14H,6-7,9H2,1-2H3. The maximum Gasteiger partial charge on any atom is 0.0174 e. The summed E-state index contributed by atoms with van der Waals surface area (Å²) in [6.45, 7) is 4.56. The number of aryl methyl sites for hydroxylation is 1. The van der Waals surface area contributed by atoms with E-state index in [0.29, 0.717) is 0 Å². The minimum absolute atomic E-state index is 0.743. The summed E-state index contributed by atoms with van der Waals surface area (Å²) in [6, 6.07) is 8.94. The topological polar surface area (TPSA) is 0 Å². The molecule has 1 fully saturated rings. The Morgan fingerprint density at radius 1 is 1.33 bits per heavy atom. The molecule has 1 aromatic carbocycles. The number of alkyl halides is 1. The first-order valence-corrected chi connectivity index (χ1v) is 6.78. The van der Waals surface area contributed by atoms with Crippen molar-refractivity contribution in [2.24, 2.45) is 11.8 Å². The average molecular weight is 267 g/mol. The van der Waals surface area contributed by atoms with Gasteiger partial charge in [-0.05, 0) is 43.6 Å². The molecule has 0 amide bonds. The van der Waals surface area contributed by atoms with Gasteiger partial charge < -0.3 is 0 Å². The zero-order valence-electron chi connectivity index (χ0n) is 9.54. The summed E-state index contributed by atoms with van der Waals surface area (Å²) in [5.74, 6) is 1.70. The summed E-state index contributed by atoms with van der Waals surface area (Å²) >= 11 is 3.77. The van der Waals surface area contributed by atoms with Gasteiger partial charge in [0.15, 0.2) is 0 Å². The zero-order valence-corrected chi connectivity index (χ0v) is 11.1. The monoisotopic (exact) mass is 266 g/mol. The van der Waals surface area contributed by atoms with Gasteiger partial charge in [0, 0.05) is 4.83 Å². The van der Waals surface area contributed by atoms with Crippen molar-refractivity contribution in [1.29, 1.82) is 0 Å². The molecule has 2 rings (SSSR count). The van der Waals surface area contributed by atoms with E-state index < -0.39 is 0 Å². The number of rotatable bonds is 2. The van der Waals surface area contributed by atoms with E-state index in [-0.39, 0.29) is 0 Å². The molecule has 3 atom stereocenters. The zero-order chi connectivity index (χ0) is 10.8. The van der Waals surface area contributed by atoms with Crippen molar-refractivity contribution in [2.45, 2.75) is 37.9 Å². The highest BCUT2D eigenvalue weighted by Gasteiger charge is 2.30. The molecule has 0 saturated heterocycles. The lowest BCUT2D eigenvalue weighted by atomic mass is 9.90. The van der Waals surface area contributed by atoms with Crippen molar-refractivity contribution in [2.75, 3.05) is 0 Å². The Hall–Kier alpha value is -0.300. The van der Waals surface area contributed by atoms with E-state index in [1.807, 2.05) is 0 Å². The lowest BCUT2D eigenvalue weighted by Gasteiger charge is -2.17. The van der Waals surface area contributed by atoms with Gasteiger partial charge in [0.1, 0.15) is 0 Å². The van der Waals surface area contributed by atoms with Crippen LogP contribution in [0.15, 0.2) is 24.3 Å². The van der Waals surface area contributed by atoms with Crippen LogP contribution in [0.2, 0.25) is 0 Å². The fourth-order valence-electron chi connectivity index (χ4n) is 2.62. The minimum Gasteiger partial charge on any atom is -0.0888 e. The third-order valence-electron chi connectivity index (χ3n) is 3.71. The second-order valence-corrected chi connectivity index (χ2v) is 6.08. The van der Waals surface area contributed by atoms with Gasteiger partial charge in [-0.1, -0.05) is 52.7 Å². The van der Waals surface area contributed by atoms with Crippen molar-refractivity contribution in [3.05, 3.63) is 35.4 Å². The molecule has 0 spiro atoms. The highest BCUT2D eigenvalue weighted by atomic mass is 79.9. The molecule has 3 unspecified atom stereocenters. The SMILES string of the molecule is Cc1cccc(CC2CCC(Br)C2C)c1. The van der Waals surface area contributed by atoms with Crippen molar-refractivity contribution >= 4 is 15.9 Å². The molecule has 0 bridgehead atoms. The summed E-state index contributed by atoms with van der Waals surface area (Å²) in [6.07, 6.45) is 3.98. The van der Waals surface area contributed by atoms with E-state index in [4.69, 9.17) is 0 Å². The van der Waals surface area contributed by atoms with Crippen LogP contribution in [0.3, 0.4) is 0 Å². The van der Waals surface area contributed by atoms with Crippen LogP contribution >= 0.6 is 15.9 Å². The molecule has 1 heteroatoms. The van der Waals surface area contributed by atoms with Crippen molar-refractivity contribution in [1.82, 2.24) is 0 Å². The molecule has 0 N–H and O–H groups in total. The number of halogens is 1. The second-order valence-electron chi connectivity index (χ2n) is 4.91. The molecule has 15 heavy (non-hydrogen) atoms. The van der Waals surface area contributed by atoms with Crippen molar-refractivity contribution in [3.63, 3.8) is 0 Å². The molecule has 1 aromatic rings. The van der Waals surface area contributed by atoms with Crippen molar-refractivity contribution < 1.29 is 0 Å². The molecule has 0 nitrogen and oxygen atoms in total. The smallest absolute Gasteiger partial charge is 0.0174 e. The third kappa shape index (κ3) is 2.63. The molecule has 0 radical (unpaired) electrons. The predicted molar refractivity (Wildman–Crippen MR) is 69.5 cm³/mol. The van der Waals surface area contributed by atoms with Crippen LogP contribution < -0.4 is 0 Å². The van der Waals surface area contributed by atoms with E-state index in [2.05, 4.69) is 54.0 Å². The summed E-state index contributed by atoms with van der Waals surface area (Å²) < 4.78 is 0. The Bertz CT molecular complexity index is 332. The van der Waals surface area contributed by atoms with Crippen LogP contribution in [0, 0.1) is 18.8 Å². The van der Waals surface area contributed by atoms with Gasteiger partial charge in [-0.25, -0.2) is 0 Å². The molecule has 1 aliphatic rings. The van der Waals surface area contributed by atoms with Crippen molar-refractivity contribution in [3.8, 4) is 0 Å². The van der Waals surface area contributed by atoms with Crippen LogP contribution in [0.1, 0.15) is 30.9 Å². The van der Waals surface area contributed by atoms with Gasteiger partial charge >= 0.3 is 0 Å². The number of hydrogen-bond donors (Lipinski definition) is 0. The molecular weight excluding hydrogens is 248 g/mol. The normalized spacial score (nSPS) is 30.7. The third-order valence-corrected chi connectivity index (χ3v) is 5.00. The number of hydrogen-bond acceptors (Lipinski definition) is 0. The maximum atomic E-state index is 3.77. The van der Waals surface area contributed by atoms with Crippen LogP contribution in [0.4, 0.5) is 0 Å².